The lowest BCUT2D eigenvalue weighted by Gasteiger charge is -2.13. The van der Waals surface area contributed by atoms with Crippen LogP contribution in [0.25, 0.3) is 0 Å². The van der Waals surface area contributed by atoms with E-state index in [1.54, 1.807) is 12.1 Å². The Morgan fingerprint density at radius 3 is 2.63 bits per heavy atom. The van der Waals surface area contributed by atoms with Crippen molar-refractivity contribution >= 4 is 25.5 Å². The SMILES string of the molecule is CNS(=O)(=O)c1cccc(NC2CCS(=O)(=O)C2)c1. The van der Waals surface area contributed by atoms with Gasteiger partial charge in [-0.25, -0.2) is 21.6 Å². The number of sulfone groups is 1. The van der Waals surface area contributed by atoms with Crippen LogP contribution < -0.4 is 10.0 Å². The molecule has 1 saturated heterocycles. The maximum atomic E-state index is 11.7. The maximum absolute atomic E-state index is 11.7. The third kappa shape index (κ3) is 3.46. The number of hydrogen-bond donors (Lipinski definition) is 2. The van der Waals surface area contributed by atoms with E-state index in [9.17, 15) is 16.8 Å². The van der Waals surface area contributed by atoms with Crippen LogP contribution >= 0.6 is 0 Å². The van der Waals surface area contributed by atoms with Crippen LogP contribution in [-0.2, 0) is 19.9 Å². The molecule has 1 aliphatic heterocycles. The number of benzene rings is 1. The minimum Gasteiger partial charge on any atom is -0.381 e. The summed E-state index contributed by atoms with van der Waals surface area (Å²) in [7, 11) is -5.09. The van der Waals surface area contributed by atoms with Crippen molar-refractivity contribution in [2.45, 2.75) is 17.4 Å². The smallest absolute Gasteiger partial charge is 0.240 e. The quantitative estimate of drug-likeness (QED) is 0.828. The fraction of sp³-hybridized carbons (Fsp3) is 0.455. The predicted octanol–water partition coefficient (Wildman–Crippen LogP) is 0.194. The number of hydrogen-bond acceptors (Lipinski definition) is 5. The van der Waals surface area contributed by atoms with Crippen LogP contribution in [0.1, 0.15) is 6.42 Å². The van der Waals surface area contributed by atoms with Crippen molar-refractivity contribution in [1.82, 2.24) is 4.72 Å². The van der Waals surface area contributed by atoms with Gasteiger partial charge in [-0.2, -0.15) is 0 Å². The Morgan fingerprint density at radius 1 is 1.32 bits per heavy atom. The lowest BCUT2D eigenvalue weighted by molar-refractivity contribution is 0.588. The summed E-state index contributed by atoms with van der Waals surface area (Å²) in [6.45, 7) is 0. The van der Waals surface area contributed by atoms with Crippen molar-refractivity contribution < 1.29 is 16.8 Å². The first-order chi connectivity index (χ1) is 8.82. The summed E-state index contributed by atoms with van der Waals surface area (Å²) < 4.78 is 48.3. The van der Waals surface area contributed by atoms with Crippen LogP contribution in [0.15, 0.2) is 29.2 Å². The van der Waals surface area contributed by atoms with E-state index in [1.165, 1.54) is 19.2 Å². The summed E-state index contributed by atoms with van der Waals surface area (Å²) in [6.07, 6.45) is 0.547. The summed E-state index contributed by atoms with van der Waals surface area (Å²) in [4.78, 5) is 0.154. The van der Waals surface area contributed by atoms with E-state index in [2.05, 4.69) is 10.0 Å². The van der Waals surface area contributed by atoms with E-state index >= 15 is 0 Å². The van der Waals surface area contributed by atoms with E-state index in [0.29, 0.717) is 12.1 Å². The first-order valence-corrected chi connectivity index (χ1v) is 9.13. The second-order valence-electron chi connectivity index (χ2n) is 4.48. The van der Waals surface area contributed by atoms with Gasteiger partial charge in [-0.3, -0.25) is 0 Å². The second kappa shape index (κ2) is 5.10. The molecule has 0 radical (unpaired) electrons. The molecule has 1 fully saturated rings. The monoisotopic (exact) mass is 304 g/mol. The summed E-state index contributed by atoms with van der Waals surface area (Å²) in [6, 6.07) is 6.17. The molecule has 1 unspecified atom stereocenters. The predicted molar refractivity (Wildman–Crippen MR) is 73.4 cm³/mol. The molecule has 1 atom stereocenters. The van der Waals surface area contributed by atoms with Gasteiger partial charge < -0.3 is 5.32 Å². The molecular formula is C11H16N2O4S2. The molecule has 1 aliphatic rings. The van der Waals surface area contributed by atoms with Gasteiger partial charge in [-0.15, -0.1) is 0 Å². The van der Waals surface area contributed by atoms with Crippen molar-refractivity contribution in [3.8, 4) is 0 Å². The van der Waals surface area contributed by atoms with Gasteiger partial charge in [-0.1, -0.05) is 6.07 Å². The zero-order valence-corrected chi connectivity index (χ0v) is 12.1. The number of sulfonamides is 1. The molecule has 2 N–H and O–H groups in total. The molecule has 0 aliphatic carbocycles. The first kappa shape index (κ1) is 14.3. The van der Waals surface area contributed by atoms with Crippen molar-refractivity contribution in [3.05, 3.63) is 24.3 Å². The minimum atomic E-state index is -3.49. The van der Waals surface area contributed by atoms with E-state index in [-0.39, 0.29) is 22.4 Å². The van der Waals surface area contributed by atoms with E-state index < -0.39 is 19.9 Å². The molecule has 1 heterocycles. The summed E-state index contributed by atoms with van der Waals surface area (Å²) in [5, 5.41) is 3.06. The molecule has 19 heavy (non-hydrogen) atoms. The van der Waals surface area contributed by atoms with Gasteiger partial charge in [0, 0.05) is 11.7 Å². The van der Waals surface area contributed by atoms with Gasteiger partial charge in [0.1, 0.15) is 0 Å². The Morgan fingerprint density at radius 2 is 2.05 bits per heavy atom. The van der Waals surface area contributed by atoms with Gasteiger partial charge in [-0.05, 0) is 31.7 Å². The number of anilines is 1. The fourth-order valence-corrected chi connectivity index (χ4v) is 4.46. The Labute approximate surface area is 113 Å². The zero-order valence-electron chi connectivity index (χ0n) is 10.5. The third-order valence-corrected chi connectivity index (χ3v) is 6.20. The molecule has 0 amide bonds. The summed E-state index contributed by atoms with van der Waals surface area (Å²) in [5.74, 6) is 0.273. The van der Waals surface area contributed by atoms with E-state index in [4.69, 9.17) is 0 Å². The summed E-state index contributed by atoms with van der Waals surface area (Å²) >= 11 is 0. The average molecular weight is 304 g/mol. The van der Waals surface area contributed by atoms with E-state index in [0.717, 1.165) is 0 Å². The molecule has 0 aromatic heterocycles. The lowest BCUT2D eigenvalue weighted by Crippen LogP contribution is -2.21. The van der Waals surface area contributed by atoms with Crippen LogP contribution in [0.4, 0.5) is 5.69 Å². The number of nitrogens with one attached hydrogen (secondary N) is 2. The highest BCUT2D eigenvalue weighted by Gasteiger charge is 2.27. The third-order valence-electron chi connectivity index (χ3n) is 3.02. The van der Waals surface area contributed by atoms with Crippen LogP contribution in [0.2, 0.25) is 0 Å². The number of rotatable bonds is 4. The van der Waals surface area contributed by atoms with Crippen molar-refractivity contribution in [3.63, 3.8) is 0 Å². The zero-order chi connectivity index (χ0) is 14.1. The lowest BCUT2D eigenvalue weighted by atomic mass is 10.2. The molecule has 2 rings (SSSR count). The van der Waals surface area contributed by atoms with Crippen LogP contribution in [0.5, 0.6) is 0 Å². The van der Waals surface area contributed by atoms with Crippen molar-refractivity contribution in [2.75, 3.05) is 23.9 Å². The van der Waals surface area contributed by atoms with E-state index in [1.807, 2.05) is 0 Å². The molecule has 6 nitrogen and oxygen atoms in total. The standard InChI is InChI=1S/C11H16N2O4S2/c1-12-19(16,17)11-4-2-3-9(7-11)13-10-5-6-18(14,15)8-10/h2-4,7,10,12-13H,5-6,8H2,1H3. The highest BCUT2D eigenvalue weighted by atomic mass is 32.2. The topological polar surface area (TPSA) is 92.3 Å². The molecule has 8 heteroatoms. The van der Waals surface area contributed by atoms with Crippen LogP contribution in [0.3, 0.4) is 0 Å². The summed E-state index contributed by atoms with van der Waals surface area (Å²) in [5.41, 5.74) is 0.610. The second-order valence-corrected chi connectivity index (χ2v) is 8.59. The molecule has 1 aromatic rings. The molecular weight excluding hydrogens is 288 g/mol. The van der Waals surface area contributed by atoms with Crippen LogP contribution in [-0.4, -0.2) is 41.4 Å². The fourth-order valence-electron chi connectivity index (χ4n) is 2.02. The van der Waals surface area contributed by atoms with Crippen molar-refractivity contribution in [1.29, 1.82) is 0 Å². The highest BCUT2D eigenvalue weighted by Crippen LogP contribution is 2.20. The molecule has 1 aromatic carbocycles. The normalized spacial score (nSPS) is 22.3. The molecule has 0 spiro atoms. The van der Waals surface area contributed by atoms with Gasteiger partial charge in [0.2, 0.25) is 10.0 Å². The molecule has 0 saturated carbocycles. The van der Waals surface area contributed by atoms with Crippen molar-refractivity contribution in [2.24, 2.45) is 0 Å². The van der Waals surface area contributed by atoms with Gasteiger partial charge in [0.05, 0.1) is 16.4 Å². The molecule has 0 bridgehead atoms. The van der Waals surface area contributed by atoms with Gasteiger partial charge in [0.25, 0.3) is 0 Å². The van der Waals surface area contributed by atoms with Gasteiger partial charge >= 0.3 is 0 Å². The first-order valence-electron chi connectivity index (χ1n) is 5.83. The van der Waals surface area contributed by atoms with Gasteiger partial charge in [0.15, 0.2) is 9.84 Å². The average Bonchev–Trinajstić information content (AvgIpc) is 2.69. The Balaban J connectivity index is 2.17. The maximum Gasteiger partial charge on any atom is 0.240 e. The van der Waals surface area contributed by atoms with Crippen LogP contribution in [0, 0.1) is 0 Å². The highest BCUT2D eigenvalue weighted by molar-refractivity contribution is 7.91. The Bertz CT molecular complexity index is 668. The Hall–Kier alpha value is -1.12. The molecule has 106 valence electrons. The largest absolute Gasteiger partial charge is 0.381 e. The minimum absolute atomic E-state index is 0.0933. The Kier molecular flexibility index (Phi) is 3.84.